The lowest BCUT2D eigenvalue weighted by Crippen LogP contribution is -1.99. The SMILES string of the molecule is C=C/C=C(\C=C/C)c1cccc(-n2c3ccccc3c3cc(-n4c5ccccc5n5c6c(nc45)NC/C6=C\C)ccc32)c1.CCC. The van der Waals surface area contributed by atoms with E-state index in [2.05, 4.69) is 162 Å². The summed E-state index contributed by atoms with van der Waals surface area (Å²) in [6.45, 7) is 13.1. The zero-order chi connectivity index (χ0) is 31.8. The Morgan fingerprint density at radius 1 is 0.804 bits per heavy atom. The Morgan fingerprint density at radius 3 is 2.28 bits per heavy atom. The number of aromatic nitrogens is 4. The van der Waals surface area contributed by atoms with Gasteiger partial charge in [0, 0.05) is 28.7 Å². The zero-order valence-electron chi connectivity index (χ0n) is 27.0. The third-order valence-electron chi connectivity index (χ3n) is 8.52. The van der Waals surface area contributed by atoms with Gasteiger partial charge < -0.3 is 9.88 Å². The van der Waals surface area contributed by atoms with E-state index in [0.29, 0.717) is 0 Å². The van der Waals surface area contributed by atoms with E-state index < -0.39 is 0 Å². The molecule has 1 aliphatic heterocycles. The fourth-order valence-corrected chi connectivity index (χ4v) is 6.67. The van der Waals surface area contributed by atoms with E-state index in [0.717, 1.165) is 57.4 Å². The Labute approximate surface area is 270 Å². The van der Waals surface area contributed by atoms with Crippen LogP contribution < -0.4 is 5.32 Å². The van der Waals surface area contributed by atoms with E-state index >= 15 is 0 Å². The summed E-state index contributed by atoms with van der Waals surface area (Å²) in [5.41, 5.74) is 11.6. The lowest BCUT2D eigenvalue weighted by Gasteiger charge is -2.11. The number of anilines is 1. The molecule has 46 heavy (non-hydrogen) atoms. The molecule has 5 heteroatoms. The number of nitrogens with one attached hydrogen (secondary N) is 1. The van der Waals surface area contributed by atoms with E-state index in [1.807, 2.05) is 13.0 Å². The first-order valence-corrected chi connectivity index (χ1v) is 16.1. The van der Waals surface area contributed by atoms with Crippen LogP contribution in [0.4, 0.5) is 5.82 Å². The van der Waals surface area contributed by atoms with E-state index in [1.165, 1.54) is 33.8 Å². The smallest absolute Gasteiger partial charge is 0.222 e. The first kappa shape index (κ1) is 29.2. The van der Waals surface area contributed by atoms with Crippen molar-refractivity contribution in [2.45, 2.75) is 34.1 Å². The van der Waals surface area contributed by atoms with Crippen molar-refractivity contribution in [2.24, 2.45) is 0 Å². The highest BCUT2D eigenvalue weighted by Crippen LogP contribution is 2.38. The average molecular weight is 602 g/mol. The summed E-state index contributed by atoms with van der Waals surface area (Å²) >= 11 is 0. The quantitative estimate of drug-likeness (QED) is 0.199. The van der Waals surface area contributed by atoms with Crippen LogP contribution in [0.5, 0.6) is 0 Å². The highest BCUT2D eigenvalue weighted by molar-refractivity contribution is 6.10. The molecular weight excluding hydrogens is 562 g/mol. The molecule has 0 fully saturated rings. The molecule has 1 N–H and O–H groups in total. The van der Waals surface area contributed by atoms with Gasteiger partial charge in [0.05, 0.1) is 27.8 Å². The van der Waals surface area contributed by atoms with Crippen molar-refractivity contribution in [3.8, 4) is 11.4 Å². The first-order chi connectivity index (χ1) is 22.6. The van der Waals surface area contributed by atoms with Crippen LogP contribution in [0, 0.1) is 0 Å². The highest BCUT2D eigenvalue weighted by atomic mass is 15.3. The van der Waals surface area contributed by atoms with E-state index in [-0.39, 0.29) is 0 Å². The molecule has 0 aliphatic carbocycles. The Hall–Kier alpha value is -5.55. The van der Waals surface area contributed by atoms with Gasteiger partial charge in [-0.05, 0) is 79.1 Å². The second-order valence-electron chi connectivity index (χ2n) is 11.6. The molecule has 0 spiro atoms. The molecule has 5 nitrogen and oxygen atoms in total. The number of fused-ring (bicyclic) bond motifs is 8. The van der Waals surface area contributed by atoms with Crippen molar-refractivity contribution < 1.29 is 0 Å². The second-order valence-corrected chi connectivity index (χ2v) is 11.6. The second kappa shape index (κ2) is 12.1. The fraction of sp³-hybridized carbons (Fsp3) is 0.146. The molecule has 1 aliphatic rings. The van der Waals surface area contributed by atoms with Gasteiger partial charge in [-0.2, -0.15) is 4.98 Å². The van der Waals surface area contributed by atoms with Crippen molar-refractivity contribution in [3.05, 3.63) is 139 Å². The minimum absolute atomic E-state index is 0.808. The van der Waals surface area contributed by atoms with Crippen LogP contribution in [-0.2, 0) is 0 Å². The number of para-hydroxylation sites is 3. The molecule has 0 unspecified atom stereocenters. The van der Waals surface area contributed by atoms with Crippen molar-refractivity contribution in [2.75, 3.05) is 11.9 Å². The standard InChI is InChI=1S/C38H31N5.C3H8/c1-4-12-26(13-5-2)27-14-11-15-28(22-27)41-32-17-8-7-16-30(32)31-23-29(20-21-33(31)41)42-34-18-9-10-19-35(34)43-36-25(6-3)24-39-37(36)40-38(42)43;1-3-2/h4-23,39H,1,24H2,2-3H3;3H2,1-2H3/b13-5-,25-6+,26-12+;. The number of imidazole rings is 2. The van der Waals surface area contributed by atoms with Gasteiger partial charge in [0.2, 0.25) is 5.78 Å². The molecule has 0 saturated carbocycles. The summed E-state index contributed by atoms with van der Waals surface area (Å²) in [5, 5.41) is 5.92. The summed E-state index contributed by atoms with van der Waals surface area (Å²) < 4.78 is 6.96. The summed E-state index contributed by atoms with van der Waals surface area (Å²) in [7, 11) is 0. The van der Waals surface area contributed by atoms with Crippen LogP contribution >= 0.6 is 0 Å². The maximum absolute atomic E-state index is 5.11. The Kier molecular flexibility index (Phi) is 7.67. The van der Waals surface area contributed by atoms with Crippen LogP contribution in [0.2, 0.25) is 0 Å². The number of hydrogen-bond acceptors (Lipinski definition) is 2. The number of nitrogens with zero attached hydrogens (tertiary/aromatic N) is 4. The predicted molar refractivity (Wildman–Crippen MR) is 197 cm³/mol. The van der Waals surface area contributed by atoms with Gasteiger partial charge in [0.15, 0.2) is 5.82 Å². The van der Waals surface area contributed by atoms with E-state index in [1.54, 1.807) is 0 Å². The number of benzene rings is 4. The van der Waals surface area contributed by atoms with Gasteiger partial charge in [-0.25, -0.2) is 0 Å². The summed E-state index contributed by atoms with van der Waals surface area (Å²) in [5.74, 6) is 1.86. The van der Waals surface area contributed by atoms with Crippen LogP contribution in [0.1, 0.15) is 45.4 Å². The first-order valence-electron chi connectivity index (χ1n) is 16.1. The third-order valence-corrected chi connectivity index (χ3v) is 8.52. The van der Waals surface area contributed by atoms with Gasteiger partial charge in [0.1, 0.15) is 0 Å². The Morgan fingerprint density at radius 2 is 1.52 bits per heavy atom. The fourth-order valence-electron chi connectivity index (χ4n) is 6.67. The zero-order valence-corrected chi connectivity index (χ0v) is 27.0. The molecule has 7 aromatic rings. The van der Waals surface area contributed by atoms with E-state index in [9.17, 15) is 0 Å². The van der Waals surface area contributed by atoms with Crippen molar-refractivity contribution >= 4 is 55.6 Å². The molecule has 0 atom stereocenters. The van der Waals surface area contributed by atoms with Gasteiger partial charge in [0.25, 0.3) is 0 Å². The average Bonchev–Trinajstić information content (AvgIpc) is 3.82. The molecule has 4 heterocycles. The van der Waals surface area contributed by atoms with Crippen LogP contribution in [-0.4, -0.2) is 25.1 Å². The molecule has 0 saturated heterocycles. The monoisotopic (exact) mass is 601 g/mol. The molecule has 8 rings (SSSR count). The molecule has 0 bridgehead atoms. The van der Waals surface area contributed by atoms with Crippen molar-refractivity contribution in [3.63, 3.8) is 0 Å². The molecule has 228 valence electrons. The predicted octanol–water partition coefficient (Wildman–Crippen LogP) is 10.8. The number of hydrogen-bond donors (Lipinski definition) is 1. The van der Waals surface area contributed by atoms with Crippen LogP contribution in [0.25, 0.3) is 61.1 Å². The van der Waals surface area contributed by atoms with Crippen molar-refractivity contribution in [1.29, 1.82) is 0 Å². The molecule has 0 radical (unpaired) electrons. The molecule has 4 aromatic carbocycles. The molecule has 0 amide bonds. The minimum Gasteiger partial charge on any atom is -0.364 e. The molecule has 3 aromatic heterocycles. The third kappa shape index (κ3) is 4.59. The molecular formula is C41H39N5. The Bertz CT molecular complexity index is 2350. The van der Waals surface area contributed by atoms with Gasteiger partial charge in [-0.15, -0.1) is 0 Å². The normalized spacial score (nSPS) is 14.0. The highest BCUT2D eigenvalue weighted by Gasteiger charge is 2.27. The summed E-state index contributed by atoms with van der Waals surface area (Å²) in [4.78, 5) is 5.11. The minimum atomic E-state index is 0.808. The maximum atomic E-state index is 5.11. The maximum Gasteiger partial charge on any atom is 0.222 e. The summed E-state index contributed by atoms with van der Waals surface area (Å²) in [6.07, 6.45) is 11.5. The van der Waals surface area contributed by atoms with Gasteiger partial charge in [-0.1, -0.05) is 99.7 Å². The number of rotatable bonds is 5. The Balaban J connectivity index is 0.00000109. The van der Waals surface area contributed by atoms with Gasteiger partial charge >= 0.3 is 0 Å². The van der Waals surface area contributed by atoms with Crippen LogP contribution in [0.3, 0.4) is 0 Å². The lowest BCUT2D eigenvalue weighted by molar-refractivity contribution is 1.09. The van der Waals surface area contributed by atoms with Gasteiger partial charge in [-0.3, -0.25) is 8.97 Å². The largest absolute Gasteiger partial charge is 0.364 e. The lowest BCUT2D eigenvalue weighted by atomic mass is 10.0. The van der Waals surface area contributed by atoms with Crippen LogP contribution in [0.15, 0.2) is 128 Å². The topological polar surface area (TPSA) is 39.2 Å². The van der Waals surface area contributed by atoms with E-state index in [4.69, 9.17) is 4.98 Å². The number of allylic oxidation sites excluding steroid dienone is 6. The summed E-state index contributed by atoms with van der Waals surface area (Å²) in [6, 6.07) is 32.8. The van der Waals surface area contributed by atoms with Crippen molar-refractivity contribution in [1.82, 2.24) is 18.5 Å².